The Morgan fingerprint density at radius 2 is 1.54 bits per heavy atom. The van der Waals surface area contributed by atoms with Gasteiger partial charge in [0.05, 0.1) is 6.61 Å². The standard InChI is InChI=1S/C35H43N3O4.C2H5NO/c1-4-42-32-23-27(13-15-31(32)39)17-18-35(2,3)38-24-28-11-8-12-29(30(28)25-38)34(41)37-21-19-36(20-22-37)33(40)16-14-26-9-6-5-7-10-26;1-2(3)4/h5-13,15,23,39H,4,14,16-22,24-25H2,1-3H3;1H3,(H2,3,4). The highest BCUT2D eigenvalue weighted by atomic mass is 16.5. The number of nitrogens with zero attached hydrogens (tertiary/aromatic N) is 3. The van der Waals surface area contributed by atoms with Gasteiger partial charge in [0, 0.05) is 63.7 Å². The number of piperazine rings is 1. The minimum absolute atomic E-state index is 0.0652. The summed E-state index contributed by atoms with van der Waals surface area (Å²) in [5.74, 6) is 0.589. The van der Waals surface area contributed by atoms with Crippen LogP contribution >= 0.6 is 0 Å². The Balaban J connectivity index is 0.00000113. The second-order valence-corrected chi connectivity index (χ2v) is 12.6. The highest BCUT2D eigenvalue weighted by Gasteiger charge is 2.35. The number of rotatable bonds is 10. The van der Waals surface area contributed by atoms with Crippen molar-refractivity contribution in [3.05, 3.63) is 94.5 Å². The molecule has 246 valence electrons. The summed E-state index contributed by atoms with van der Waals surface area (Å²) in [6.07, 6.45) is 3.03. The number of phenols is 1. The Labute approximate surface area is 272 Å². The van der Waals surface area contributed by atoms with Crippen molar-refractivity contribution in [1.29, 1.82) is 0 Å². The molecule has 3 N–H and O–H groups in total. The number of phenolic OH excluding ortho intramolecular Hbond substituents is 1. The predicted octanol–water partition coefficient (Wildman–Crippen LogP) is 4.93. The Morgan fingerprint density at radius 3 is 2.22 bits per heavy atom. The van der Waals surface area contributed by atoms with Crippen LogP contribution in [-0.2, 0) is 35.5 Å². The molecular formula is C37H48N4O5. The minimum Gasteiger partial charge on any atom is -0.504 e. The molecule has 0 spiro atoms. The zero-order valence-corrected chi connectivity index (χ0v) is 27.6. The van der Waals surface area contributed by atoms with Gasteiger partial charge in [0.1, 0.15) is 0 Å². The van der Waals surface area contributed by atoms with E-state index in [9.17, 15) is 19.5 Å². The van der Waals surface area contributed by atoms with Gasteiger partial charge in [-0.15, -0.1) is 0 Å². The monoisotopic (exact) mass is 628 g/mol. The number of carbonyl (C=O) groups excluding carboxylic acids is 3. The number of aryl methyl sites for hydroxylation is 2. The Hall–Kier alpha value is -4.37. The Bertz CT molecular complexity index is 1490. The van der Waals surface area contributed by atoms with Crippen LogP contribution in [0.2, 0.25) is 0 Å². The molecule has 0 aromatic heterocycles. The van der Waals surface area contributed by atoms with Crippen molar-refractivity contribution < 1.29 is 24.2 Å². The first-order valence-electron chi connectivity index (χ1n) is 16.2. The van der Waals surface area contributed by atoms with Crippen LogP contribution in [-0.4, -0.2) is 75.9 Å². The summed E-state index contributed by atoms with van der Waals surface area (Å²) in [4.78, 5) is 42.0. The van der Waals surface area contributed by atoms with E-state index in [4.69, 9.17) is 4.74 Å². The molecule has 1 saturated heterocycles. The lowest BCUT2D eigenvalue weighted by atomic mass is 9.93. The quantitative estimate of drug-likeness (QED) is 0.329. The third-order valence-electron chi connectivity index (χ3n) is 8.81. The molecule has 46 heavy (non-hydrogen) atoms. The average molecular weight is 629 g/mol. The van der Waals surface area contributed by atoms with Crippen LogP contribution in [0.25, 0.3) is 0 Å². The van der Waals surface area contributed by atoms with Crippen LogP contribution in [0.3, 0.4) is 0 Å². The fourth-order valence-electron chi connectivity index (χ4n) is 6.03. The van der Waals surface area contributed by atoms with E-state index in [1.165, 1.54) is 18.1 Å². The topological polar surface area (TPSA) is 116 Å². The molecule has 9 heteroatoms. The number of primary amides is 1. The highest BCUT2D eigenvalue weighted by Crippen LogP contribution is 2.35. The van der Waals surface area contributed by atoms with Crippen molar-refractivity contribution in [1.82, 2.24) is 14.7 Å². The molecule has 5 rings (SSSR count). The van der Waals surface area contributed by atoms with Crippen LogP contribution < -0.4 is 10.5 Å². The molecule has 0 bridgehead atoms. The van der Waals surface area contributed by atoms with E-state index in [1.807, 2.05) is 59.2 Å². The molecule has 0 atom stereocenters. The summed E-state index contributed by atoms with van der Waals surface area (Å²) in [6.45, 7) is 12.1. The van der Waals surface area contributed by atoms with Gasteiger partial charge in [-0.2, -0.15) is 0 Å². The number of benzene rings is 3. The van der Waals surface area contributed by atoms with Crippen LogP contribution in [0.4, 0.5) is 0 Å². The predicted molar refractivity (Wildman–Crippen MR) is 179 cm³/mol. The van der Waals surface area contributed by atoms with Gasteiger partial charge in [0.15, 0.2) is 11.5 Å². The molecule has 1 fully saturated rings. The average Bonchev–Trinajstić information content (AvgIpc) is 3.50. The molecule has 0 unspecified atom stereocenters. The van der Waals surface area contributed by atoms with Gasteiger partial charge in [-0.05, 0) is 80.5 Å². The largest absolute Gasteiger partial charge is 0.504 e. The van der Waals surface area contributed by atoms with E-state index in [1.54, 1.807) is 6.07 Å². The van der Waals surface area contributed by atoms with Gasteiger partial charge in [-0.1, -0.05) is 48.5 Å². The first kappa shape index (κ1) is 34.5. The van der Waals surface area contributed by atoms with Gasteiger partial charge in [0.25, 0.3) is 5.91 Å². The molecule has 3 aromatic carbocycles. The molecule has 2 aliphatic rings. The van der Waals surface area contributed by atoms with E-state index in [2.05, 4.69) is 42.7 Å². The molecule has 0 radical (unpaired) electrons. The van der Waals surface area contributed by atoms with Crippen molar-refractivity contribution in [3.63, 3.8) is 0 Å². The normalized spacial score (nSPS) is 14.7. The number of hydrogen-bond acceptors (Lipinski definition) is 6. The van der Waals surface area contributed by atoms with E-state index in [0.29, 0.717) is 45.0 Å². The summed E-state index contributed by atoms with van der Waals surface area (Å²) in [5.41, 5.74) is 9.82. The third-order valence-corrected chi connectivity index (χ3v) is 8.81. The SMILES string of the molecule is CC(N)=O.CCOc1cc(CCC(C)(C)N2Cc3cccc(C(=O)N4CCN(C(=O)CCc5ccccc5)CC4)c3C2)ccc1O. The zero-order valence-electron chi connectivity index (χ0n) is 27.6. The van der Waals surface area contributed by atoms with Crippen molar-refractivity contribution in [2.75, 3.05) is 32.8 Å². The molecule has 9 nitrogen and oxygen atoms in total. The molecule has 0 saturated carbocycles. The van der Waals surface area contributed by atoms with Crippen LogP contribution in [0, 0.1) is 0 Å². The lowest BCUT2D eigenvalue weighted by molar-refractivity contribution is -0.132. The molecule has 2 heterocycles. The number of amides is 3. The van der Waals surface area contributed by atoms with E-state index in [0.717, 1.165) is 49.0 Å². The molecule has 0 aliphatic carbocycles. The molecular weight excluding hydrogens is 580 g/mol. The number of hydrogen-bond donors (Lipinski definition) is 2. The number of nitrogens with two attached hydrogens (primary N) is 1. The summed E-state index contributed by atoms with van der Waals surface area (Å²) in [6, 6.07) is 21.8. The summed E-state index contributed by atoms with van der Waals surface area (Å²) in [7, 11) is 0. The van der Waals surface area contributed by atoms with Crippen molar-refractivity contribution >= 4 is 17.7 Å². The fraction of sp³-hybridized carbons (Fsp3) is 0.432. The Kier molecular flexibility index (Phi) is 11.8. The van der Waals surface area contributed by atoms with Gasteiger partial charge in [-0.3, -0.25) is 19.3 Å². The minimum atomic E-state index is -0.333. The first-order chi connectivity index (χ1) is 22.0. The van der Waals surface area contributed by atoms with E-state index >= 15 is 0 Å². The first-order valence-corrected chi connectivity index (χ1v) is 16.2. The Morgan fingerprint density at radius 1 is 0.870 bits per heavy atom. The number of aromatic hydroxyl groups is 1. The summed E-state index contributed by atoms with van der Waals surface area (Å²) >= 11 is 0. The van der Waals surface area contributed by atoms with Gasteiger partial charge >= 0.3 is 0 Å². The summed E-state index contributed by atoms with van der Waals surface area (Å²) < 4.78 is 5.57. The highest BCUT2D eigenvalue weighted by molar-refractivity contribution is 5.96. The molecule has 3 amide bonds. The van der Waals surface area contributed by atoms with E-state index in [-0.39, 0.29) is 29.0 Å². The van der Waals surface area contributed by atoms with Gasteiger partial charge < -0.3 is 25.4 Å². The van der Waals surface area contributed by atoms with Crippen LogP contribution in [0.15, 0.2) is 66.7 Å². The molecule has 3 aromatic rings. The number of fused-ring (bicyclic) bond motifs is 1. The lowest BCUT2D eigenvalue weighted by Crippen LogP contribution is -2.50. The molecule has 2 aliphatic heterocycles. The third kappa shape index (κ3) is 9.10. The summed E-state index contributed by atoms with van der Waals surface area (Å²) in [5, 5.41) is 10.0. The fourth-order valence-corrected chi connectivity index (χ4v) is 6.03. The van der Waals surface area contributed by atoms with E-state index < -0.39 is 0 Å². The van der Waals surface area contributed by atoms with Crippen molar-refractivity contribution in [2.45, 2.75) is 72.0 Å². The van der Waals surface area contributed by atoms with Crippen molar-refractivity contribution in [3.8, 4) is 11.5 Å². The maximum absolute atomic E-state index is 13.7. The van der Waals surface area contributed by atoms with Crippen LogP contribution in [0.5, 0.6) is 11.5 Å². The maximum Gasteiger partial charge on any atom is 0.254 e. The maximum atomic E-state index is 13.7. The van der Waals surface area contributed by atoms with Gasteiger partial charge in [0.2, 0.25) is 11.8 Å². The zero-order chi connectivity index (χ0) is 33.3. The number of carbonyl (C=O) groups is 3. The van der Waals surface area contributed by atoms with Gasteiger partial charge in [-0.25, -0.2) is 0 Å². The second-order valence-electron chi connectivity index (χ2n) is 12.6. The second kappa shape index (κ2) is 15.8. The van der Waals surface area contributed by atoms with Crippen LogP contribution in [0.1, 0.15) is 73.1 Å². The van der Waals surface area contributed by atoms with Crippen molar-refractivity contribution in [2.24, 2.45) is 5.73 Å². The number of ether oxygens (including phenoxy) is 1. The smallest absolute Gasteiger partial charge is 0.254 e. The lowest BCUT2D eigenvalue weighted by Gasteiger charge is -2.36.